The molecule has 1 N–H and O–H groups in total. The van der Waals surface area contributed by atoms with Crippen molar-refractivity contribution >= 4 is 28.1 Å². The number of benzene rings is 2. The zero-order valence-electron chi connectivity index (χ0n) is 12.9. The van der Waals surface area contributed by atoms with Gasteiger partial charge in [0.2, 0.25) is 0 Å². The van der Waals surface area contributed by atoms with Crippen LogP contribution in [0.25, 0.3) is 6.08 Å². The number of carbonyl (C=O) groups is 1. The van der Waals surface area contributed by atoms with Gasteiger partial charge in [0.25, 0.3) is 0 Å². The first-order valence-corrected chi connectivity index (χ1v) is 8.66. The number of hydrogen-bond donors (Lipinski definition) is 1. The lowest BCUT2D eigenvalue weighted by atomic mass is 10.1. The van der Waals surface area contributed by atoms with E-state index in [1.807, 2.05) is 42.5 Å². The normalized spacial score (nSPS) is 10.7. The molecule has 0 unspecified atom stereocenters. The minimum absolute atomic E-state index is 0.294. The average Bonchev–Trinajstić information content (AvgIpc) is 2.61. The Hall–Kier alpha value is -2.07. The second-order valence-corrected chi connectivity index (χ2v) is 5.62. The maximum atomic E-state index is 11.6. The minimum Gasteiger partial charge on any atom is -0.445 e. The standard InChI is InChI=1S/C19H20BrNO2/c20-14-18-11-6-10-16(13-18)7-4-5-12-21-19(22)23-15-17-8-2-1-3-9-17/h1-4,6-11,13H,5,12,14-15H2,(H,21,22). The van der Waals surface area contributed by atoms with E-state index in [2.05, 4.69) is 45.5 Å². The van der Waals surface area contributed by atoms with Crippen LogP contribution < -0.4 is 5.32 Å². The average molecular weight is 374 g/mol. The Morgan fingerprint density at radius 3 is 2.65 bits per heavy atom. The predicted molar refractivity (Wildman–Crippen MR) is 97.4 cm³/mol. The first kappa shape index (κ1) is 17.3. The van der Waals surface area contributed by atoms with Gasteiger partial charge in [-0.05, 0) is 23.1 Å². The van der Waals surface area contributed by atoms with E-state index in [1.54, 1.807) is 0 Å². The van der Waals surface area contributed by atoms with Gasteiger partial charge in [0.1, 0.15) is 6.61 Å². The van der Waals surface area contributed by atoms with E-state index in [9.17, 15) is 4.79 Å². The van der Waals surface area contributed by atoms with Gasteiger partial charge in [0.15, 0.2) is 0 Å². The summed E-state index contributed by atoms with van der Waals surface area (Å²) in [4.78, 5) is 11.6. The van der Waals surface area contributed by atoms with Crippen LogP contribution in [0.15, 0.2) is 60.7 Å². The zero-order valence-corrected chi connectivity index (χ0v) is 14.5. The van der Waals surface area contributed by atoms with Gasteiger partial charge in [-0.25, -0.2) is 4.79 Å². The maximum Gasteiger partial charge on any atom is 0.407 e. The fraction of sp³-hybridized carbons (Fsp3) is 0.211. The summed E-state index contributed by atoms with van der Waals surface area (Å²) < 4.78 is 5.14. The number of carbonyl (C=O) groups excluding carboxylic acids is 1. The molecule has 3 nitrogen and oxygen atoms in total. The quantitative estimate of drug-likeness (QED) is 0.552. The van der Waals surface area contributed by atoms with Gasteiger partial charge in [0, 0.05) is 11.9 Å². The number of nitrogens with one attached hydrogen (secondary N) is 1. The van der Waals surface area contributed by atoms with Gasteiger partial charge in [-0.3, -0.25) is 0 Å². The summed E-state index contributed by atoms with van der Waals surface area (Å²) in [6.45, 7) is 0.851. The van der Waals surface area contributed by atoms with Crippen LogP contribution in [0.4, 0.5) is 4.79 Å². The van der Waals surface area contributed by atoms with E-state index in [1.165, 1.54) is 5.56 Å². The smallest absolute Gasteiger partial charge is 0.407 e. The molecule has 2 aromatic carbocycles. The van der Waals surface area contributed by atoms with Gasteiger partial charge in [-0.1, -0.05) is 82.7 Å². The molecule has 2 rings (SSSR count). The number of alkyl halides is 1. The zero-order chi connectivity index (χ0) is 16.3. The van der Waals surface area contributed by atoms with Crippen molar-refractivity contribution < 1.29 is 9.53 Å². The summed E-state index contributed by atoms with van der Waals surface area (Å²) in [7, 11) is 0. The molecule has 1 amide bonds. The van der Waals surface area contributed by atoms with Crippen molar-refractivity contribution in [1.29, 1.82) is 0 Å². The van der Waals surface area contributed by atoms with Crippen molar-refractivity contribution in [2.24, 2.45) is 0 Å². The summed E-state index contributed by atoms with van der Waals surface area (Å²) in [5.74, 6) is 0. The fourth-order valence-electron chi connectivity index (χ4n) is 2.03. The molecule has 0 fully saturated rings. The van der Waals surface area contributed by atoms with Crippen molar-refractivity contribution in [1.82, 2.24) is 5.32 Å². The molecular weight excluding hydrogens is 354 g/mol. The molecular formula is C19H20BrNO2. The number of hydrogen-bond acceptors (Lipinski definition) is 2. The highest BCUT2D eigenvalue weighted by Crippen LogP contribution is 2.10. The molecule has 0 radical (unpaired) electrons. The summed E-state index contributed by atoms with van der Waals surface area (Å²) in [5, 5.41) is 3.59. The highest BCUT2D eigenvalue weighted by Gasteiger charge is 2.00. The van der Waals surface area contributed by atoms with Gasteiger partial charge in [0.05, 0.1) is 0 Å². The molecule has 0 spiro atoms. The first-order chi connectivity index (χ1) is 11.3. The highest BCUT2D eigenvalue weighted by molar-refractivity contribution is 9.08. The van der Waals surface area contributed by atoms with Crippen LogP contribution in [0.1, 0.15) is 23.1 Å². The SMILES string of the molecule is O=C(NCCC=Cc1cccc(CBr)c1)OCc1ccccc1. The Morgan fingerprint density at radius 1 is 1.09 bits per heavy atom. The molecule has 23 heavy (non-hydrogen) atoms. The number of halogens is 1. The van der Waals surface area contributed by atoms with Crippen LogP contribution >= 0.6 is 15.9 Å². The van der Waals surface area contributed by atoms with Gasteiger partial charge in [-0.15, -0.1) is 0 Å². The van der Waals surface area contributed by atoms with Crippen LogP contribution in [-0.4, -0.2) is 12.6 Å². The van der Waals surface area contributed by atoms with Crippen LogP contribution in [0.3, 0.4) is 0 Å². The molecule has 0 aliphatic heterocycles. The fourth-order valence-corrected chi connectivity index (χ4v) is 2.38. The molecule has 2 aromatic rings. The van der Waals surface area contributed by atoms with Crippen LogP contribution in [0, 0.1) is 0 Å². The predicted octanol–water partition coefficient (Wildman–Crippen LogP) is 4.91. The van der Waals surface area contributed by atoms with Gasteiger partial charge >= 0.3 is 6.09 Å². The van der Waals surface area contributed by atoms with E-state index >= 15 is 0 Å². The number of rotatable bonds is 7. The molecule has 4 heteroatoms. The van der Waals surface area contributed by atoms with E-state index in [-0.39, 0.29) is 6.09 Å². The number of ether oxygens (including phenoxy) is 1. The van der Waals surface area contributed by atoms with Crippen molar-refractivity contribution in [2.45, 2.75) is 18.4 Å². The highest BCUT2D eigenvalue weighted by atomic mass is 79.9. The molecule has 120 valence electrons. The van der Waals surface area contributed by atoms with E-state index < -0.39 is 0 Å². The molecule has 0 atom stereocenters. The van der Waals surface area contributed by atoms with E-state index in [0.29, 0.717) is 13.2 Å². The van der Waals surface area contributed by atoms with Crippen LogP contribution in [-0.2, 0) is 16.7 Å². The Balaban J connectivity index is 1.64. The Morgan fingerprint density at radius 2 is 1.87 bits per heavy atom. The summed E-state index contributed by atoms with van der Waals surface area (Å²) in [6, 6.07) is 17.9. The second-order valence-electron chi connectivity index (χ2n) is 5.06. The molecule has 0 aliphatic carbocycles. The van der Waals surface area contributed by atoms with E-state index in [4.69, 9.17) is 4.74 Å². The molecule has 0 bridgehead atoms. The van der Waals surface area contributed by atoms with Gasteiger partial charge in [-0.2, -0.15) is 0 Å². The summed E-state index contributed by atoms with van der Waals surface area (Å²) >= 11 is 3.45. The summed E-state index contributed by atoms with van der Waals surface area (Å²) in [5.41, 5.74) is 3.39. The second kappa shape index (κ2) is 9.85. The maximum absolute atomic E-state index is 11.6. The first-order valence-electron chi connectivity index (χ1n) is 7.54. The molecule has 0 saturated carbocycles. The molecule has 0 saturated heterocycles. The Kier molecular flexibility index (Phi) is 7.40. The van der Waals surface area contributed by atoms with Crippen molar-refractivity contribution in [3.8, 4) is 0 Å². The molecule has 0 aromatic heterocycles. The summed E-state index contributed by atoms with van der Waals surface area (Å²) in [6.07, 6.45) is 4.48. The molecule has 0 aliphatic rings. The molecule has 0 heterocycles. The minimum atomic E-state index is -0.386. The van der Waals surface area contributed by atoms with Crippen molar-refractivity contribution in [3.05, 3.63) is 77.4 Å². The third-order valence-corrected chi connectivity index (χ3v) is 3.86. The third-order valence-electron chi connectivity index (χ3n) is 3.21. The van der Waals surface area contributed by atoms with Crippen LogP contribution in [0.2, 0.25) is 0 Å². The largest absolute Gasteiger partial charge is 0.445 e. The van der Waals surface area contributed by atoms with Crippen LogP contribution in [0.5, 0.6) is 0 Å². The third kappa shape index (κ3) is 6.70. The van der Waals surface area contributed by atoms with Crippen molar-refractivity contribution in [2.75, 3.05) is 6.54 Å². The van der Waals surface area contributed by atoms with Crippen molar-refractivity contribution in [3.63, 3.8) is 0 Å². The number of alkyl carbamates (subject to hydrolysis) is 1. The Bertz CT molecular complexity index is 641. The number of amides is 1. The lowest BCUT2D eigenvalue weighted by Gasteiger charge is -2.05. The lowest BCUT2D eigenvalue weighted by molar-refractivity contribution is 0.140. The topological polar surface area (TPSA) is 38.3 Å². The Labute approximate surface area is 145 Å². The lowest BCUT2D eigenvalue weighted by Crippen LogP contribution is -2.24. The monoisotopic (exact) mass is 373 g/mol. The van der Waals surface area contributed by atoms with E-state index in [0.717, 1.165) is 22.9 Å². The van der Waals surface area contributed by atoms with Gasteiger partial charge < -0.3 is 10.1 Å².